The molecule has 11 heteroatoms. The van der Waals surface area contributed by atoms with Crippen LogP contribution in [0.15, 0.2) is 124 Å². The highest BCUT2D eigenvalue weighted by Crippen LogP contribution is 2.36. The summed E-state index contributed by atoms with van der Waals surface area (Å²) in [6.07, 6.45) is 4.04. The number of para-hydroxylation sites is 1. The number of nitrogens with zero attached hydrogens (tertiary/aromatic N) is 6. The van der Waals surface area contributed by atoms with Crippen LogP contribution in [0.1, 0.15) is 47.2 Å². The number of aromatic nitrogens is 2. The fourth-order valence-corrected chi connectivity index (χ4v) is 5.48. The number of methoxy groups -OCH3 is 2. The highest BCUT2D eigenvalue weighted by molar-refractivity contribution is 6.07. The number of hydrogen-bond donors (Lipinski definition) is 2. The molecule has 2 heterocycles. The van der Waals surface area contributed by atoms with Gasteiger partial charge in [-0.05, 0) is 115 Å². The van der Waals surface area contributed by atoms with Crippen molar-refractivity contribution < 1.29 is 14.2 Å². The third-order valence-electron chi connectivity index (χ3n) is 7.97. The lowest BCUT2D eigenvalue weighted by Gasteiger charge is -2.23. The summed E-state index contributed by atoms with van der Waals surface area (Å²) in [5.74, 6) is 3.36. The second-order valence-electron chi connectivity index (χ2n) is 11.1. The Morgan fingerprint density at radius 3 is 1.94 bits per heavy atom. The van der Waals surface area contributed by atoms with Gasteiger partial charge < -0.3 is 14.2 Å². The van der Waals surface area contributed by atoms with Gasteiger partial charge in [-0.1, -0.05) is 18.2 Å². The number of hydrogen-bond acceptors (Lipinski definition) is 10. The first-order valence-corrected chi connectivity index (χ1v) is 15.9. The predicted octanol–water partition coefficient (Wildman–Crippen LogP) is 6.96. The molecule has 248 valence electrons. The minimum Gasteiger partial charge on any atom is -0.497 e. The summed E-state index contributed by atoms with van der Waals surface area (Å²) in [4.78, 5) is 0. The molecular weight excluding hydrogens is 616 g/mol. The Labute approximate surface area is 285 Å². The van der Waals surface area contributed by atoms with E-state index in [0.29, 0.717) is 24.7 Å². The van der Waals surface area contributed by atoms with Crippen LogP contribution in [-0.2, 0) is 0 Å². The Morgan fingerprint density at radius 1 is 0.755 bits per heavy atom. The molecule has 0 spiro atoms. The van der Waals surface area contributed by atoms with Crippen LogP contribution in [-0.4, -0.2) is 54.6 Å². The van der Waals surface area contributed by atoms with Gasteiger partial charge in [-0.25, -0.2) is 4.68 Å². The molecule has 0 radical (unpaired) electrons. The number of benzene rings is 4. The van der Waals surface area contributed by atoms with Gasteiger partial charge in [0.25, 0.3) is 0 Å². The van der Waals surface area contributed by atoms with Gasteiger partial charge in [0, 0.05) is 12.0 Å². The highest BCUT2D eigenvalue weighted by Gasteiger charge is 2.32. The van der Waals surface area contributed by atoms with Gasteiger partial charge in [0.2, 0.25) is 0 Å². The maximum Gasteiger partial charge on any atom is 0.154 e. The monoisotopic (exact) mass is 654 g/mol. The molecule has 49 heavy (non-hydrogen) atoms. The lowest BCUT2D eigenvalue weighted by Crippen LogP contribution is -2.31. The summed E-state index contributed by atoms with van der Waals surface area (Å²) >= 11 is 0. The number of amidine groups is 1. The van der Waals surface area contributed by atoms with Crippen LogP contribution in [0, 0.1) is 6.92 Å². The van der Waals surface area contributed by atoms with Crippen molar-refractivity contribution in [1.82, 2.24) is 15.2 Å². The maximum atomic E-state index is 5.67. The molecule has 1 aromatic heterocycles. The lowest BCUT2D eigenvalue weighted by atomic mass is 9.89. The van der Waals surface area contributed by atoms with Crippen molar-refractivity contribution in [2.45, 2.75) is 26.2 Å². The molecule has 1 aliphatic heterocycles. The highest BCUT2D eigenvalue weighted by atomic mass is 16.5. The van der Waals surface area contributed by atoms with E-state index in [4.69, 9.17) is 19.3 Å². The van der Waals surface area contributed by atoms with Crippen molar-refractivity contribution in [3.05, 3.63) is 131 Å². The SMILES string of the molecule is CCOc1ccc(C2=NN=C(N/N=C/c3ccc(OC)cc3)C(c3c(C)nn(-c4ccccc4)c3N/N=C\c3ccc(OC)cc3)C2)cc1. The number of nitrogens with one attached hydrogen (secondary N) is 2. The molecule has 0 saturated carbocycles. The Hall–Kier alpha value is -6.23. The van der Waals surface area contributed by atoms with E-state index in [1.54, 1.807) is 26.6 Å². The van der Waals surface area contributed by atoms with E-state index in [1.807, 2.05) is 122 Å². The molecule has 6 rings (SSSR count). The van der Waals surface area contributed by atoms with E-state index in [2.05, 4.69) is 31.3 Å². The second kappa shape index (κ2) is 15.6. The van der Waals surface area contributed by atoms with E-state index in [-0.39, 0.29) is 5.92 Å². The third-order valence-corrected chi connectivity index (χ3v) is 7.97. The minimum atomic E-state index is -0.289. The minimum absolute atomic E-state index is 0.289. The van der Waals surface area contributed by atoms with Crippen LogP contribution in [0.2, 0.25) is 0 Å². The van der Waals surface area contributed by atoms with Crippen molar-refractivity contribution in [1.29, 1.82) is 0 Å². The molecule has 1 aliphatic rings. The first kappa shape index (κ1) is 32.7. The van der Waals surface area contributed by atoms with E-state index < -0.39 is 0 Å². The summed E-state index contributed by atoms with van der Waals surface area (Å²) < 4.78 is 18.1. The molecule has 0 amide bonds. The van der Waals surface area contributed by atoms with Crippen LogP contribution in [0.5, 0.6) is 17.2 Å². The van der Waals surface area contributed by atoms with E-state index in [1.165, 1.54) is 0 Å². The van der Waals surface area contributed by atoms with Gasteiger partial charge in [0.15, 0.2) is 11.7 Å². The average molecular weight is 655 g/mol. The summed E-state index contributed by atoms with van der Waals surface area (Å²) in [5, 5.41) is 23.5. The van der Waals surface area contributed by atoms with Crippen molar-refractivity contribution in [2.75, 3.05) is 26.3 Å². The fourth-order valence-electron chi connectivity index (χ4n) is 5.48. The molecule has 2 N–H and O–H groups in total. The molecule has 0 saturated heterocycles. The maximum absolute atomic E-state index is 5.67. The third kappa shape index (κ3) is 7.84. The normalized spacial score (nSPS) is 14.4. The molecular formula is C38H38N8O3. The first-order chi connectivity index (χ1) is 24.1. The second-order valence-corrected chi connectivity index (χ2v) is 11.1. The molecule has 0 fully saturated rings. The first-order valence-electron chi connectivity index (χ1n) is 15.9. The number of aryl methyl sites for hydroxylation is 1. The quantitative estimate of drug-likeness (QED) is 0.111. The van der Waals surface area contributed by atoms with Gasteiger partial charge in [0.05, 0.1) is 56.3 Å². The van der Waals surface area contributed by atoms with Gasteiger partial charge in [-0.15, -0.1) is 5.10 Å². The summed E-state index contributed by atoms with van der Waals surface area (Å²) in [6, 6.07) is 33.2. The molecule has 11 nitrogen and oxygen atoms in total. The lowest BCUT2D eigenvalue weighted by molar-refractivity contribution is 0.340. The van der Waals surface area contributed by atoms with Crippen LogP contribution < -0.4 is 25.1 Å². The van der Waals surface area contributed by atoms with Crippen LogP contribution >= 0.6 is 0 Å². The zero-order chi connectivity index (χ0) is 34.0. The van der Waals surface area contributed by atoms with Crippen molar-refractivity contribution in [2.24, 2.45) is 20.4 Å². The van der Waals surface area contributed by atoms with E-state index >= 15 is 0 Å². The zero-order valence-corrected chi connectivity index (χ0v) is 27.9. The fraction of sp³-hybridized carbons (Fsp3) is 0.184. The number of rotatable bonds is 12. The van der Waals surface area contributed by atoms with Crippen molar-refractivity contribution >= 4 is 29.8 Å². The molecule has 4 aromatic carbocycles. The van der Waals surface area contributed by atoms with Gasteiger partial charge in [-0.3, -0.25) is 10.9 Å². The largest absolute Gasteiger partial charge is 0.497 e. The number of ether oxygens (including phenoxy) is 3. The number of hydrazone groups is 2. The van der Waals surface area contributed by atoms with Crippen molar-refractivity contribution in [3.63, 3.8) is 0 Å². The molecule has 5 aromatic rings. The van der Waals surface area contributed by atoms with E-state index in [9.17, 15) is 0 Å². The predicted molar refractivity (Wildman–Crippen MR) is 195 cm³/mol. The zero-order valence-electron chi connectivity index (χ0n) is 27.9. The summed E-state index contributed by atoms with van der Waals surface area (Å²) in [6.45, 7) is 4.56. The molecule has 0 bridgehead atoms. The van der Waals surface area contributed by atoms with Crippen LogP contribution in [0.3, 0.4) is 0 Å². The summed E-state index contributed by atoms with van der Waals surface area (Å²) in [7, 11) is 3.29. The average Bonchev–Trinajstić information content (AvgIpc) is 3.48. The Balaban J connectivity index is 1.38. The molecule has 1 unspecified atom stereocenters. The summed E-state index contributed by atoms with van der Waals surface area (Å²) in [5.41, 5.74) is 12.7. The topological polar surface area (TPSA) is 119 Å². The smallest absolute Gasteiger partial charge is 0.154 e. The van der Waals surface area contributed by atoms with Crippen LogP contribution in [0.25, 0.3) is 5.69 Å². The number of anilines is 1. The van der Waals surface area contributed by atoms with Gasteiger partial charge >= 0.3 is 0 Å². The molecule has 0 aliphatic carbocycles. The Kier molecular flexibility index (Phi) is 10.4. The standard InChI is InChI=1S/C38H38N8O3/c1-5-49-33-21-15-29(16-22-33)35-23-34(37(43-41-35)42-39-24-27-11-17-31(47-3)18-12-27)36-26(2)45-46(30-9-7-6-8-10-30)38(36)44-40-25-28-13-19-32(48-4)20-14-28/h6-22,24-25,34,44H,5,23H2,1-4H3,(H,42,43)/b39-24+,40-25-. The van der Waals surface area contributed by atoms with Crippen molar-refractivity contribution in [3.8, 4) is 22.9 Å². The van der Waals surface area contributed by atoms with Gasteiger partial charge in [0.1, 0.15) is 17.2 Å². The Bertz CT molecular complexity index is 1970. The van der Waals surface area contributed by atoms with Crippen LogP contribution in [0.4, 0.5) is 5.82 Å². The molecule has 1 atom stereocenters. The van der Waals surface area contributed by atoms with Gasteiger partial charge in [-0.2, -0.15) is 20.4 Å². The van der Waals surface area contributed by atoms with E-state index in [0.717, 1.165) is 56.6 Å². The Morgan fingerprint density at radius 2 is 1.35 bits per heavy atom.